The summed E-state index contributed by atoms with van der Waals surface area (Å²) < 4.78 is 5.61. The molecule has 1 fully saturated rings. The third kappa shape index (κ3) is 2.57. The van der Waals surface area contributed by atoms with E-state index in [2.05, 4.69) is 18.9 Å². The lowest BCUT2D eigenvalue weighted by Gasteiger charge is -2.30. The predicted molar refractivity (Wildman–Crippen MR) is 71.6 cm³/mol. The minimum Gasteiger partial charge on any atom is -0.376 e. The molecule has 1 aliphatic heterocycles. The quantitative estimate of drug-likeness (QED) is 0.900. The number of rotatable bonds is 3. The van der Waals surface area contributed by atoms with Crippen molar-refractivity contribution in [3.8, 4) is 0 Å². The lowest BCUT2D eigenvalue weighted by atomic mass is 10.1. The van der Waals surface area contributed by atoms with Crippen molar-refractivity contribution in [3.63, 3.8) is 0 Å². The van der Waals surface area contributed by atoms with Gasteiger partial charge in [0.25, 0.3) is 0 Å². The van der Waals surface area contributed by atoms with Crippen molar-refractivity contribution in [2.75, 3.05) is 18.6 Å². The van der Waals surface area contributed by atoms with Crippen LogP contribution in [0.1, 0.15) is 18.9 Å². The highest BCUT2D eigenvalue weighted by atomic mass is 35.5. The maximum Gasteiger partial charge on any atom is 0.0750 e. The Bertz CT molecular complexity index is 397. The van der Waals surface area contributed by atoms with E-state index in [1.165, 1.54) is 0 Å². The molecule has 0 aliphatic carbocycles. The van der Waals surface area contributed by atoms with Gasteiger partial charge in [0.05, 0.1) is 12.1 Å². The zero-order valence-corrected chi connectivity index (χ0v) is 11.1. The molecule has 2 unspecified atom stereocenters. The molecule has 1 aromatic carbocycles. The van der Waals surface area contributed by atoms with Crippen LogP contribution in [0.4, 0.5) is 5.69 Å². The molecule has 4 heteroatoms. The van der Waals surface area contributed by atoms with Gasteiger partial charge in [-0.3, -0.25) is 0 Å². The fourth-order valence-corrected chi connectivity index (χ4v) is 2.61. The molecule has 0 spiro atoms. The van der Waals surface area contributed by atoms with E-state index < -0.39 is 0 Å². The molecule has 0 aromatic heterocycles. The van der Waals surface area contributed by atoms with Crippen LogP contribution in [0.15, 0.2) is 18.2 Å². The van der Waals surface area contributed by atoms with Crippen LogP contribution < -0.4 is 10.6 Å². The number of halogens is 1. The highest BCUT2D eigenvalue weighted by Gasteiger charge is 2.28. The molecule has 94 valence electrons. The van der Waals surface area contributed by atoms with Crippen LogP contribution >= 0.6 is 11.6 Å². The summed E-state index contributed by atoms with van der Waals surface area (Å²) >= 11 is 6.06. The van der Waals surface area contributed by atoms with Gasteiger partial charge in [-0.1, -0.05) is 17.7 Å². The summed E-state index contributed by atoms with van der Waals surface area (Å²) in [6.07, 6.45) is 1.30. The molecule has 0 bridgehead atoms. The summed E-state index contributed by atoms with van der Waals surface area (Å²) in [5.74, 6) is 0. The van der Waals surface area contributed by atoms with Crippen molar-refractivity contribution in [2.24, 2.45) is 5.73 Å². The first-order valence-electron chi connectivity index (χ1n) is 5.96. The second-order valence-electron chi connectivity index (χ2n) is 4.52. The molecule has 0 amide bonds. The SMILES string of the molecule is CC1OCCC1N(C)c1cc(Cl)ccc1CN. The molecule has 1 aromatic rings. The van der Waals surface area contributed by atoms with Gasteiger partial charge in [-0.15, -0.1) is 0 Å². The fraction of sp³-hybridized carbons (Fsp3) is 0.538. The summed E-state index contributed by atoms with van der Waals surface area (Å²) in [6, 6.07) is 6.26. The highest BCUT2D eigenvalue weighted by molar-refractivity contribution is 6.30. The normalized spacial score (nSPS) is 24.0. The molecule has 1 heterocycles. The fourth-order valence-electron chi connectivity index (χ4n) is 2.45. The Morgan fingerprint density at radius 2 is 2.29 bits per heavy atom. The van der Waals surface area contributed by atoms with Gasteiger partial charge >= 0.3 is 0 Å². The first kappa shape index (κ1) is 12.7. The van der Waals surface area contributed by atoms with Gasteiger partial charge in [-0.2, -0.15) is 0 Å². The van der Waals surface area contributed by atoms with Gasteiger partial charge in [0.1, 0.15) is 0 Å². The molecule has 1 saturated heterocycles. The Morgan fingerprint density at radius 3 is 2.88 bits per heavy atom. The third-order valence-electron chi connectivity index (χ3n) is 3.48. The van der Waals surface area contributed by atoms with E-state index >= 15 is 0 Å². The number of nitrogens with two attached hydrogens (primary N) is 1. The number of nitrogens with zero attached hydrogens (tertiary/aromatic N) is 1. The Labute approximate surface area is 107 Å². The number of ether oxygens (including phenoxy) is 1. The van der Waals surface area contributed by atoms with Crippen LogP contribution in [-0.2, 0) is 11.3 Å². The zero-order valence-electron chi connectivity index (χ0n) is 10.3. The van der Waals surface area contributed by atoms with Crippen molar-refractivity contribution in [1.82, 2.24) is 0 Å². The van der Waals surface area contributed by atoms with Gasteiger partial charge in [0, 0.05) is 30.9 Å². The van der Waals surface area contributed by atoms with Gasteiger partial charge in [0.15, 0.2) is 0 Å². The van der Waals surface area contributed by atoms with Crippen molar-refractivity contribution in [1.29, 1.82) is 0 Å². The average molecular weight is 255 g/mol. The standard InChI is InChI=1S/C13H19ClN2O/c1-9-12(5-6-17-9)16(2)13-7-11(14)4-3-10(13)8-15/h3-4,7,9,12H,5-6,8,15H2,1-2H3. The van der Waals surface area contributed by atoms with E-state index in [9.17, 15) is 0 Å². The van der Waals surface area contributed by atoms with Crippen LogP contribution in [0.2, 0.25) is 5.02 Å². The predicted octanol–water partition coefficient (Wildman–Crippen LogP) is 2.41. The van der Waals surface area contributed by atoms with Crippen LogP contribution in [-0.4, -0.2) is 25.8 Å². The number of likely N-dealkylation sites (N-methyl/N-ethyl adjacent to an activating group) is 1. The van der Waals surface area contributed by atoms with Gasteiger partial charge < -0.3 is 15.4 Å². The van der Waals surface area contributed by atoms with Crippen LogP contribution in [0.3, 0.4) is 0 Å². The van der Waals surface area contributed by atoms with Crippen molar-refractivity contribution in [3.05, 3.63) is 28.8 Å². The Morgan fingerprint density at radius 1 is 1.53 bits per heavy atom. The molecular weight excluding hydrogens is 236 g/mol. The van der Waals surface area contributed by atoms with E-state index in [-0.39, 0.29) is 6.10 Å². The average Bonchev–Trinajstić information content (AvgIpc) is 2.74. The van der Waals surface area contributed by atoms with Crippen LogP contribution in [0, 0.1) is 0 Å². The minimum atomic E-state index is 0.254. The van der Waals surface area contributed by atoms with E-state index in [4.69, 9.17) is 22.1 Å². The molecule has 17 heavy (non-hydrogen) atoms. The minimum absolute atomic E-state index is 0.254. The molecule has 2 rings (SSSR count). The number of benzene rings is 1. The topological polar surface area (TPSA) is 38.5 Å². The van der Waals surface area contributed by atoms with Crippen molar-refractivity contribution < 1.29 is 4.74 Å². The number of anilines is 1. The Hall–Kier alpha value is -0.770. The third-order valence-corrected chi connectivity index (χ3v) is 3.72. The number of hydrogen-bond acceptors (Lipinski definition) is 3. The maximum absolute atomic E-state index is 6.06. The van der Waals surface area contributed by atoms with Crippen LogP contribution in [0.25, 0.3) is 0 Å². The molecule has 2 N–H and O–H groups in total. The Balaban J connectivity index is 2.28. The molecule has 1 aliphatic rings. The summed E-state index contributed by atoms with van der Waals surface area (Å²) in [4.78, 5) is 2.24. The summed E-state index contributed by atoms with van der Waals surface area (Å²) in [7, 11) is 2.08. The van der Waals surface area contributed by atoms with Gasteiger partial charge in [0.2, 0.25) is 0 Å². The second-order valence-corrected chi connectivity index (χ2v) is 4.96. The van der Waals surface area contributed by atoms with E-state index in [1.54, 1.807) is 0 Å². The Kier molecular flexibility index (Phi) is 3.92. The molecule has 0 radical (unpaired) electrons. The van der Waals surface area contributed by atoms with E-state index in [0.717, 1.165) is 29.3 Å². The first-order valence-corrected chi connectivity index (χ1v) is 6.34. The zero-order chi connectivity index (χ0) is 12.4. The van der Waals surface area contributed by atoms with Crippen molar-refractivity contribution >= 4 is 17.3 Å². The van der Waals surface area contributed by atoms with Gasteiger partial charge in [-0.25, -0.2) is 0 Å². The summed E-state index contributed by atoms with van der Waals surface area (Å²) in [5.41, 5.74) is 8.01. The number of hydrogen-bond donors (Lipinski definition) is 1. The maximum atomic E-state index is 6.06. The summed E-state index contributed by atoms with van der Waals surface area (Å²) in [6.45, 7) is 3.47. The van der Waals surface area contributed by atoms with E-state index in [0.29, 0.717) is 12.6 Å². The van der Waals surface area contributed by atoms with E-state index in [1.807, 2.05) is 18.2 Å². The molecule has 0 saturated carbocycles. The smallest absolute Gasteiger partial charge is 0.0750 e. The summed E-state index contributed by atoms with van der Waals surface area (Å²) in [5, 5.41) is 0.746. The van der Waals surface area contributed by atoms with Gasteiger partial charge in [-0.05, 0) is 31.0 Å². The second kappa shape index (κ2) is 5.25. The lowest BCUT2D eigenvalue weighted by molar-refractivity contribution is 0.118. The first-order chi connectivity index (χ1) is 8.13. The lowest BCUT2D eigenvalue weighted by Crippen LogP contribution is -2.37. The molecular formula is C13H19ClN2O. The monoisotopic (exact) mass is 254 g/mol. The van der Waals surface area contributed by atoms with Crippen LogP contribution in [0.5, 0.6) is 0 Å². The van der Waals surface area contributed by atoms with Crippen molar-refractivity contribution in [2.45, 2.75) is 32.0 Å². The molecule has 2 atom stereocenters. The largest absolute Gasteiger partial charge is 0.376 e. The molecule has 3 nitrogen and oxygen atoms in total. The highest BCUT2D eigenvalue weighted by Crippen LogP contribution is 2.29.